The van der Waals surface area contributed by atoms with Crippen LogP contribution in [0.15, 0.2) is 36.4 Å². The second-order valence-electron chi connectivity index (χ2n) is 7.87. The van der Waals surface area contributed by atoms with Crippen LogP contribution in [0.3, 0.4) is 0 Å². The molecule has 2 atom stereocenters. The molecule has 1 fully saturated rings. The molecule has 0 aliphatic carbocycles. The van der Waals surface area contributed by atoms with Crippen LogP contribution in [0.1, 0.15) is 35.9 Å². The Morgan fingerprint density at radius 2 is 1.70 bits per heavy atom. The first kappa shape index (κ1) is 20.3. The van der Waals surface area contributed by atoms with Crippen molar-refractivity contribution in [2.45, 2.75) is 24.8 Å². The number of carbonyl (C=O) groups excluding carboxylic acids is 3. The molecule has 1 saturated heterocycles. The maximum absolute atomic E-state index is 12.9. The van der Waals surface area contributed by atoms with E-state index in [0.717, 1.165) is 21.9 Å². The van der Waals surface area contributed by atoms with Gasteiger partial charge in [-0.1, -0.05) is 36.4 Å². The Morgan fingerprint density at radius 3 is 2.37 bits per heavy atom. The number of fused-ring (bicyclic) bond motifs is 5. The van der Waals surface area contributed by atoms with Gasteiger partial charge in [0.15, 0.2) is 5.41 Å². The average Bonchev–Trinajstić information content (AvgIpc) is 3.17. The second kappa shape index (κ2) is 7.72. The van der Waals surface area contributed by atoms with Crippen LogP contribution in [0, 0.1) is 5.41 Å². The highest BCUT2D eigenvalue weighted by atomic mass is 16.5. The Hall–Kier alpha value is -2.93. The van der Waals surface area contributed by atoms with E-state index in [0.29, 0.717) is 19.5 Å². The molecule has 0 aromatic heterocycles. The smallest absolute Gasteiger partial charge is 0.325 e. The number of hydrogen-bond donors (Lipinski definition) is 0. The van der Waals surface area contributed by atoms with Crippen LogP contribution in [0.5, 0.6) is 0 Å². The van der Waals surface area contributed by atoms with E-state index in [1.54, 1.807) is 0 Å². The van der Waals surface area contributed by atoms with Crippen molar-refractivity contribution in [3.63, 3.8) is 0 Å². The van der Waals surface area contributed by atoms with Gasteiger partial charge in [0.05, 0.1) is 33.8 Å². The summed E-state index contributed by atoms with van der Waals surface area (Å²) in [6.45, 7) is 1.06. The predicted octanol–water partition coefficient (Wildman–Crippen LogP) is 2.58. The number of rotatable bonds is 4. The van der Waals surface area contributed by atoms with Gasteiger partial charge in [0.2, 0.25) is 0 Å². The Balaban J connectivity index is 1.95. The standard InChI is InChI=1S/C23H25NO6/c1-28-18(25)12-15-13-24-11-10-23(21(26)29-2,22(27)30-3)20(24)17-9-8-14-6-4-5-7-16(14)19(15)17/h4-9,15,20H,10-13H2,1-3H3/t15-,20-/m0/s1. The Kier molecular flexibility index (Phi) is 5.24. The third-order valence-corrected chi connectivity index (χ3v) is 6.53. The van der Waals surface area contributed by atoms with Crippen molar-refractivity contribution in [2.75, 3.05) is 34.4 Å². The number of methoxy groups -OCH3 is 3. The molecule has 2 aliphatic rings. The summed E-state index contributed by atoms with van der Waals surface area (Å²) in [4.78, 5) is 40.2. The summed E-state index contributed by atoms with van der Waals surface area (Å²) in [6.07, 6.45) is 0.526. The summed E-state index contributed by atoms with van der Waals surface area (Å²) in [7, 11) is 3.97. The van der Waals surface area contributed by atoms with E-state index in [9.17, 15) is 14.4 Å². The molecule has 2 aromatic carbocycles. The maximum Gasteiger partial charge on any atom is 0.325 e. The normalized spacial score (nSPS) is 22.1. The van der Waals surface area contributed by atoms with Crippen LogP contribution in [-0.4, -0.2) is 57.2 Å². The molecule has 30 heavy (non-hydrogen) atoms. The topological polar surface area (TPSA) is 82.1 Å². The summed E-state index contributed by atoms with van der Waals surface area (Å²) < 4.78 is 15.1. The van der Waals surface area contributed by atoms with Gasteiger partial charge in [-0.05, 0) is 28.3 Å². The van der Waals surface area contributed by atoms with Gasteiger partial charge in [-0.15, -0.1) is 0 Å². The van der Waals surface area contributed by atoms with Crippen LogP contribution in [-0.2, 0) is 28.6 Å². The molecule has 2 aromatic rings. The quantitative estimate of drug-likeness (QED) is 0.434. The molecule has 0 amide bonds. The minimum Gasteiger partial charge on any atom is -0.469 e. The summed E-state index contributed by atoms with van der Waals surface area (Å²) >= 11 is 0. The van der Waals surface area contributed by atoms with Gasteiger partial charge in [-0.25, -0.2) is 0 Å². The minimum absolute atomic E-state index is 0.110. The van der Waals surface area contributed by atoms with Gasteiger partial charge < -0.3 is 14.2 Å². The lowest BCUT2D eigenvalue weighted by molar-refractivity contribution is -0.171. The van der Waals surface area contributed by atoms with E-state index in [1.807, 2.05) is 36.4 Å². The second-order valence-corrected chi connectivity index (χ2v) is 7.87. The van der Waals surface area contributed by atoms with Crippen LogP contribution >= 0.6 is 0 Å². The number of ether oxygens (including phenoxy) is 3. The third kappa shape index (κ3) is 2.88. The van der Waals surface area contributed by atoms with Crippen molar-refractivity contribution < 1.29 is 28.6 Å². The molecule has 158 valence electrons. The summed E-state index contributed by atoms with van der Waals surface area (Å²) in [5, 5.41) is 2.05. The number of carbonyl (C=O) groups is 3. The molecular weight excluding hydrogens is 386 g/mol. The summed E-state index contributed by atoms with van der Waals surface area (Å²) in [5.74, 6) is -1.58. The molecule has 0 radical (unpaired) electrons. The van der Waals surface area contributed by atoms with E-state index in [-0.39, 0.29) is 18.3 Å². The zero-order valence-corrected chi connectivity index (χ0v) is 17.3. The number of hydrogen-bond acceptors (Lipinski definition) is 7. The van der Waals surface area contributed by atoms with E-state index >= 15 is 0 Å². The van der Waals surface area contributed by atoms with Gasteiger partial charge in [-0.3, -0.25) is 19.3 Å². The van der Waals surface area contributed by atoms with Crippen molar-refractivity contribution in [1.82, 2.24) is 4.90 Å². The average molecular weight is 411 g/mol. The minimum atomic E-state index is -1.43. The van der Waals surface area contributed by atoms with E-state index in [4.69, 9.17) is 14.2 Å². The fraction of sp³-hybridized carbons (Fsp3) is 0.435. The van der Waals surface area contributed by atoms with E-state index in [2.05, 4.69) is 4.90 Å². The summed E-state index contributed by atoms with van der Waals surface area (Å²) in [5.41, 5.74) is 0.415. The molecule has 2 aliphatic heterocycles. The first-order chi connectivity index (χ1) is 14.5. The van der Waals surface area contributed by atoms with Crippen molar-refractivity contribution in [3.8, 4) is 0 Å². The van der Waals surface area contributed by atoms with Crippen LogP contribution in [0.25, 0.3) is 10.8 Å². The van der Waals surface area contributed by atoms with Gasteiger partial charge >= 0.3 is 17.9 Å². The molecule has 7 heteroatoms. The number of nitrogens with zero attached hydrogens (tertiary/aromatic N) is 1. The SMILES string of the molecule is COC(=O)C[C@H]1CN2CCC(C(=O)OC)(C(=O)OC)[C@@H]2c2ccc3ccccc3c21. The highest BCUT2D eigenvalue weighted by Gasteiger charge is 2.62. The Morgan fingerprint density at radius 1 is 1.00 bits per heavy atom. The first-order valence-electron chi connectivity index (χ1n) is 9.97. The largest absolute Gasteiger partial charge is 0.469 e. The van der Waals surface area contributed by atoms with Crippen molar-refractivity contribution in [2.24, 2.45) is 5.41 Å². The molecule has 0 unspecified atom stereocenters. The predicted molar refractivity (Wildman–Crippen MR) is 109 cm³/mol. The molecule has 4 rings (SSSR count). The van der Waals surface area contributed by atoms with E-state index < -0.39 is 23.4 Å². The third-order valence-electron chi connectivity index (χ3n) is 6.53. The molecule has 7 nitrogen and oxygen atoms in total. The van der Waals surface area contributed by atoms with Gasteiger partial charge in [0.25, 0.3) is 0 Å². The number of benzene rings is 2. The maximum atomic E-state index is 12.9. The van der Waals surface area contributed by atoms with Crippen LogP contribution < -0.4 is 0 Å². The lowest BCUT2D eigenvalue weighted by Gasteiger charge is -2.42. The molecule has 0 spiro atoms. The molecular formula is C23H25NO6. The zero-order chi connectivity index (χ0) is 21.5. The lowest BCUT2D eigenvalue weighted by Crippen LogP contribution is -2.48. The van der Waals surface area contributed by atoms with Crippen molar-refractivity contribution >= 4 is 28.7 Å². The van der Waals surface area contributed by atoms with Crippen LogP contribution in [0.4, 0.5) is 0 Å². The molecule has 0 N–H and O–H groups in total. The Labute approximate surface area is 174 Å². The van der Waals surface area contributed by atoms with Gasteiger partial charge in [0, 0.05) is 19.0 Å². The monoisotopic (exact) mass is 411 g/mol. The fourth-order valence-corrected chi connectivity index (χ4v) is 5.26. The fourth-order valence-electron chi connectivity index (χ4n) is 5.26. The van der Waals surface area contributed by atoms with Crippen molar-refractivity contribution in [1.29, 1.82) is 0 Å². The van der Waals surface area contributed by atoms with E-state index in [1.165, 1.54) is 21.3 Å². The number of esters is 3. The van der Waals surface area contributed by atoms with Crippen molar-refractivity contribution in [3.05, 3.63) is 47.5 Å². The molecule has 0 saturated carbocycles. The first-order valence-corrected chi connectivity index (χ1v) is 9.97. The van der Waals surface area contributed by atoms with Gasteiger partial charge in [0.1, 0.15) is 0 Å². The molecule has 0 bridgehead atoms. The van der Waals surface area contributed by atoms with Gasteiger partial charge in [-0.2, -0.15) is 0 Å². The highest BCUT2D eigenvalue weighted by molar-refractivity contribution is 6.02. The van der Waals surface area contributed by atoms with Crippen LogP contribution in [0.2, 0.25) is 0 Å². The highest BCUT2D eigenvalue weighted by Crippen LogP contribution is 2.55. The summed E-state index contributed by atoms with van der Waals surface area (Å²) in [6, 6.07) is 11.4. The Bertz CT molecular complexity index is 1000. The zero-order valence-electron chi connectivity index (χ0n) is 17.3. The molecule has 2 heterocycles. The lowest BCUT2D eigenvalue weighted by atomic mass is 9.71.